The van der Waals surface area contributed by atoms with E-state index in [0.29, 0.717) is 28.6 Å². The summed E-state index contributed by atoms with van der Waals surface area (Å²) in [4.78, 5) is 24.2. The average Bonchev–Trinajstić information content (AvgIpc) is 3.55. The predicted octanol–water partition coefficient (Wildman–Crippen LogP) is 3.74. The van der Waals surface area contributed by atoms with Gasteiger partial charge in [-0.05, 0) is 54.7 Å². The summed E-state index contributed by atoms with van der Waals surface area (Å²) in [6, 6.07) is 3.95. The molecular weight excluding hydrogens is 404 g/mol. The molecule has 0 unspecified atom stereocenters. The van der Waals surface area contributed by atoms with Crippen LogP contribution in [0.3, 0.4) is 0 Å². The number of carbonyl (C=O) groups is 1. The summed E-state index contributed by atoms with van der Waals surface area (Å²) in [6.07, 6.45) is 8.83. The first-order valence-electron chi connectivity index (χ1n) is 11.3. The second kappa shape index (κ2) is 8.09. The number of nitrogens with two attached hydrogens (primary N) is 2. The molecule has 5 rings (SSSR count). The number of rotatable bonds is 5. The molecule has 1 saturated carbocycles. The summed E-state index contributed by atoms with van der Waals surface area (Å²) in [5, 5.41) is 2.99. The van der Waals surface area contributed by atoms with Crippen molar-refractivity contribution in [3.05, 3.63) is 41.9 Å². The standard InChI is InChI=1S/C24H30N6O2/c1-13(2)15-8-20-22(28-9-15)21(23(26)32-20)24(31)29-18-10-27-6-5-19(18)30-11-16(14-3-4-14)7-17(25)12-30/h5-6,8-10,13-14,16-17H,3-4,7,11-12,25-26H2,1-2H3,(H,29,31)/t16-,17+/m1/s1. The van der Waals surface area contributed by atoms with Gasteiger partial charge >= 0.3 is 0 Å². The number of hydrogen-bond donors (Lipinski definition) is 3. The fourth-order valence-electron chi connectivity index (χ4n) is 4.78. The maximum Gasteiger partial charge on any atom is 0.263 e. The maximum atomic E-state index is 13.2. The quantitative estimate of drug-likeness (QED) is 0.559. The van der Waals surface area contributed by atoms with Gasteiger partial charge in [0.25, 0.3) is 5.91 Å². The van der Waals surface area contributed by atoms with Crippen molar-refractivity contribution in [2.45, 2.75) is 45.1 Å². The minimum Gasteiger partial charge on any atom is -0.438 e. The van der Waals surface area contributed by atoms with E-state index in [1.807, 2.05) is 12.1 Å². The van der Waals surface area contributed by atoms with Gasteiger partial charge in [-0.3, -0.25) is 14.8 Å². The van der Waals surface area contributed by atoms with Crippen LogP contribution in [-0.4, -0.2) is 35.0 Å². The number of piperidine rings is 1. The number of nitrogens with zero attached hydrogens (tertiary/aromatic N) is 3. The molecule has 2 atom stereocenters. The SMILES string of the molecule is CC(C)c1cnc2c(C(=O)Nc3cnccc3N3C[C@@H](N)C[C@@H](C4CC4)C3)c(N)oc2c1. The number of nitrogen functional groups attached to an aromatic ring is 1. The van der Waals surface area contributed by atoms with Crippen LogP contribution in [0.5, 0.6) is 0 Å². The summed E-state index contributed by atoms with van der Waals surface area (Å²) in [5.41, 5.74) is 16.3. The summed E-state index contributed by atoms with van der Waals surface area (Å²) < 4.78 is 5.67. The normalized spacial score (nSPS) is 21.3. The van der Waals surface area contributed by atoms with Crippen molar-refractivity contribution < 1.29 is 9.21 Å². The Morgan fingerprint density at radius 2 is 2.06 bits per heavy atom. The van der Waals surface area contributed by atoms with E-state index < -0.39 is 0 Å². The topological polar surface area (TPSA) is 123 Å². The molecule has 5 N–H and O–H groups in total. The first-order valence-corrected chi connectivity index (χ1v) is 11.3. The highest BCUT2D eigenvalue weighted by Gasteiger charge is 2.37. The number of carbonyl (C=O) groups excluding carboxylic acids is 1. The highest BCUT2D eigenvalue weighted by molar-refractivity contribution is 6.15. The Hall–Kier alpha value is -3.13. The van der Waals surface area contributed by atoms with Crippen molar-refractivity contribution in [3.8, 4) is 0 Å². The van der Waals surface area contributed by atoms with E-state index in [4.69, 9.17) is 15.9 Å². The number of hydrogen-bond acceptors (Lipinski definition) is 7. The zero-order valence-corrected chi connectivity index (χ0v) is 18.5. The lowest BCUT2D eigenvalue weighted by Gasteiger charge is -2.38. The Bertz CT molecular complexity index is 1150. The van der Waals surface area contributed by atoms with Crippen molar-refractivity contribution in [3.63, 3.8) is 0 Å². The molecule has 8 heteroatoms. The Labute approximate surface area is 187 Å². The van der Waals surface area contributed by atoms with Crippen molar-refractivity contribution in [2.24, 2.45) is 17.6 Å². The lowest BCUT2D eigenvalue weighted by atomic mass is 9.90. The molecular formula is C24H30N6O2. The van der Waals surface area contributed by atoms with Crippen LogP contribution in [-0.2, 0) is 0 Å². The van der Waals surface area contributed by atoms with Gasteiger partial charge in [0.15, 0.2) is 5.58 Å². The maximum absolute atomic E-state index is 13.2. The van der Waals surface area contributed by atoms with Crippen LogP contribution in [0.1, 0.15) is 54.9 Å². The van der Waals surface area contributed by atoms with Crippen LogP contribution >= 0.6 is 0 Å². The van der Waals surface area contributed by atoms with Crippen molar-refractivity contribution in [2.75, 3.05) is 29.0 Å². The van der Waals surface area contributed by atoms with E-state index in [9.17, 15) is 4.79 Å². The smallest absolute Gasteiger partial charge is 0.263 e. The second-order valence-corrected chi connectivity index (χ2v) is 9.46. The first kappa shape index (κ1) is 20.8. The number of anilines is 3. The minimum atomic E-state index is -0.361. The van der Waals surface area contributed by atoms with Gasteiger partial charge < -0.3 is 26.1 Å². The monoisotopic (exact) mass is 434 g/mol. The molecule has 0 bridgehead atoms. The number of pyridine rings is 2. The largest absolute Gasteiger partial charge is 0.438 e. The summed E-state index contributed by atoms with van der Waals surface area (Å²) in [5.74, 6) is 1.38. The van der Waals surface area contributed by atoms with Crippen LogP contribution in [0, 0.1) is 11.8 Å². The summed E-state index contributed by atoms with van der Waals surface area (Å²) in [7, 11) is 0. The predicted molar refractivity (Wildman–Crippen MR) is 126 cm³/mol. The first-order chi connectivity index (χ1) is 15.4. The lowest BCUT2D eigenvalue weighted by molar-refractivity contribution is 0.102. The molecule has 168 valence electrons. The molecule has 1 aliphatic heterocycles. The van der Waals surface area contributed by atoms with E-state index in [1.165, 1.54) is 12.8 Å². The zero-order valence-electron chi connectivity index (χ0n) is 18.5. The lowest BCUT2D eigenvalue weighted by Crippen LogP contribution is -2.48. The molecule has 3 aromatic rings. The Morgan fingerprint density at radius 3 is 2.81 bits per heavy atom. The van der Waals surface area contributed by atoms with Gasteiger partial charge in [-0.25, -0.2) is 0 Å². The van der Waals surface area contributed by atoms with E-state index in [1.54, 1.807) is 18.6 Å². The highest BCUT2D eigenvalue weighted by atomic mass is 16.3. The Morgan fingerprint density at radius 1 is 1.25 bits per heavy atom. The molecule has 0 spiro atoms. The van der Waals surface area contributed by atoms with Crippen molar-refractivity contribution in [1.29, 1.82) is 0 Å². The van der Waals surface area contributed by atoms with E-state index in [0.717, 1.165) is 36.7 Å². The molecule has 2 fully saturated rings. The van der Waals surface area contributed by atoms with Gasteiger partial charge in [0.1, 0.15) is 11.1 Å². The van der Waals surface area contributed by atoms with Crippen LogP contribution in [0.25, 0.3) is 11.1 Å². The van der Waals surface area contributed by atoms with Gasteiger partial charge in [-0.1, -0.05) is 13.8 Å². The Kier molecular flexibility index (Phi) is 5.25. The molecule has 1 saturated heterocycles. The molecule has 4 heterocycles. The molecule has 8 nitrogen and oxygen atoms in total. The fourth-order valence-corrected chi connectivity index (χ4v) is 4.78. The third-order valence-electron chi connectivity index (χ3n) is 6.66. The van der Waals surface area contributed by atoms with Gasteiger partial charge in [0.05, 0.1) is 17.6 Å². The van der Waals surface area contributed by atoms with Crippen LogP contribution in [0.4, 0.5) is 17.3 Å². The summed E-state index contributed by atoms with van der Waals surface area (Å²) >= 11 is 0. The Balaban J connectivity index is 1.43. The molecule has 3 aromatic heterocycles. The number of fused-ring (bicyclic) bond motifs is 1. The van der Waals surface area contributed by atoms with Crippen molar-refractivity contribution in [1.82, 2.24) is 9.97 Å². The molecule has 0 aromatic carbocycles. The zero-order chi connectivity index (χ0) is 22.4. The minimum absolute atomic E-state index is 0.0603. The number of amides is 1. The number of furan rings is 1. The molecule has 32 heavy (non-hydrogen) atoms. The van der Waals surface area contributed by atoms with Gasteiger partial charge in [0.2, 0.25) is 5.88 Å². The third kappa shape index (κ3) is 3.90. The summed E-state index contributed by atoms with van der Waals surface area (Å²) in [6.45, 7) is 5.86. The highest BCUT2D eigenvalue weighted by Crippen LogP contribution is 2.42. The van der Waals surface area contributed by atoms with E-state index >= 15 is 0 Å². The third-order valence-corrected chi connectivity index (χ3v) is 6.66. The van der Waals surface area contributed by atoms with E-state index in [2.05, 4.69) is 34.0 Å². The number of aromatic nitrogens is 2. The van der Waals surface area contributed by atoms with Crippen molar-refractivity contribution >= 4 is 34.3 Å². The van der Waals surface area contributed by atoms with E-state index in [-0.39, 0.29) is 23.4 Å². The second-order valence-electron chi connectivity index (χ2n) is 9.46. The molecule has 0 radical (unpaired) electrons. The van der Waals surface area contributed by atoms with Gasteiger partial charge in [-0.15, -0.1) is 0 Å². The van der Waals surface area contributed by atoms with Gasteiger partial charge in [-0.2, -0.15) is 0 Å². The van der Waals surface area contributed by atoms with Gasteiger partial charge in [0, 0.05) is 31.5 Å². The molecule has 1 aliphatic carbocycles. The number of nitrogens with one attached hydrogen (secondary N) is 1. The molecule has 2 aliphatic rings. The molecule has 1 amide bonds. The van der Waals surface area contributed by atoms with Crippen LogP contribution < -0.4 is 21.7 Å². The van der Waals surface area contributed by atoms with Crippen LogP contribution in [0.15, 0.2) is 35.1 Å². The average molecular weight is 435 g/mol. The fraction of sp³-hybridized carbons (Fsp3) is 0.458. The van der Waals surface area contributed by atoms with Crippen LogP contribution in [0.2, 0.25) is 0 Å².